The number of hydrogen-bond donors (Lipinski definition) is 1. The van der Waals surface area contributed by atoms with Crippen molar-refractivity contribution in [1.29, 1.82) is 0 Å². The van der Waals surface area contributed by atoms with Crippen molar-refractivity contribution in [3.05, 3.63) is 33.9 Å². The minimum atomic E-state index is -3.10. The lowest BCUT2D eigenvalue weighted by atomic mass is 10.0. The Labute approximate surface area is 133 Å². The van der Waals surface area contributed by atoms with Gasteiger partial charge >= 0.3 is 0 Å². The predicted octanol–water partition coefficient (Wildman–Crippen LogP) is 0.975. The van der Waals surface area contributed by atoms with Gasteiger partial charge in [-0.05, 0) is 32.4 Å². The maximum atomic E-state index is 11.9. The van der Waals surface area contributed by atoms with Crippen LogP contribution in [0.4, 0.5) is 5.69 Å². The molecule has 0 aromatic heterocycles. The highest BCUT2D eigenvalue weighted by Gasteiger charge is 2.39. The Kier molecular flexibility index (Phi) is 4.60. The Balaban J connectivity index is 1.92. The number of sulfone groups is 1. The number of hydrogen-bond acceptors (Lipinski definition) is 6. The molecule has 2 rings (SSSR count). The highest BCUT2D eigenvalue weighted by atomic mass is 32.2. The number of aryl methyl sites for hydroxylation is 1. The highest BCUT2D eigenvalue weighted by Crippen LogP contribution is 2.24. The van der Waals surface area contributed by atoms with Crippen molar-refractivity contribution in [3.63, 3.8) is 0 Å². The maximum absolute atomic E-state index is 11.9. The van der Waals surface area contributed by atoms with Gasteiger partial charge < -0.3 is 10.1 Å². The van der Waals surface area contributed by atoms with Crippen LogP contribution in [0.1, 0.15) is 18.9 Å². The first-order valence-corrected chi connectivity index (χ1v) is 8.82. The molecule has 0 saturated carbocycles. The maximum Gasteiger partial charge on any atom is 0.272 e. The molecule has 1 heterocycles. The van der Waals surface area contributed by atoms with Crippen LogP contribution in [0.15, 0.2) is 18.2 Å². The number of nitrogens with zero attached hydrogens (tertiary/aromatic N) is 1. The van der Waals surface area contributed by atoms with Crippen LogP contribution >= 0.6 is 0 Å². The lowest BCUT2D eigenvalue weighted by Crippen LogP contribution is -2.48. The van der Waals surface area contributed by atoms with E-state index in [1.165, 1.54) is 18.2 Å². The summed E-state index contributed by atoms with van der Waals surface area (Å²) in [5.74, 6) is -0.109. The molecule has 1 aliphatic heterocycles. The van der Waals surface area contributed by atoms with Crippen molar-refractivity contribution in [2.24, 2.45) is 0 Å². The van der Waals surface area contributed by atoms with Crippen LogP contribution < -0.4 is 10.1 Å². The van der Waals surface area contributed by atoms with Gasteiger partial charge in [0.15, 0.2) is 16.4 Å². The van der Waals surface area contributed by atoms with E-state index in [4.69, 9.17) is 4.74 Å². The van der Waals surface area contributed by atoms with Crippen molar-refractivity contribution in [2.45, 2.75) is 25.8 Å². The summed E-state index contributed by atoms with van der Waals surface area (Å²) in [6, 6.07) is 4.21. The van der Waals surface area contributed by atoms with Crippen LogP contribution in [-0.4, -0.2) is 42.9 Å². The molecule has 0 radical (unpaired) electrons. The third-order valence-electron chi connectivity index (χ3n) is 3.68. The van der Waals surface area contributed by atoms with Crippen molar-refractivity contribution < 1.29 is 22.9 Å². The second-order valence-corrected chi connectivity index (χ2v) is 8.13. The van der Waals surface area contributed by atoms with Gasteiger partial charge in [0.2, 0.25) is 0 Å². The summed E-state index contributed by atoms with van der Waals surface area (Å²) in [7, 11) is -3.10. The van der Waals surface area contributed by atoms with Gasteiger partial charge in [0.1, 0.15) is 5.75 Å². The monoisotopic (exact) mass is 342 g/mol. The fourth-order valence-corrected chi connectivity index (χ4v) is 4.65. The van der Waals surface area contributed by atoms with E-state index in [9.17, 15) is 23.3 Å². The third kappa shape index (κ3) is 4.41. The SMILES string of the molecule is Cc1cc(OCC(=O)N[C@]2(C)CCS(=O)(=O)C2)ccc1[N+](=O)[O-]. The Hall–Kier alpha value is -2.16. The van der Waals surface area contributed by atoms with E-state index in [1.54, 1.807) is 13.8 Å². The van der Waals surface area contributed by atoms with E-state index >= 15 is 0 Å². The smallest absolute Gasteiger partial charge is 0.272 e. The number of carbonyl (C=O) groups is 1. The molecule has 0 spiro atoms. The number of carbonyl (C=O) groups excluding carboxylic acids is 1. The van der Waals surface area contributed by atoms with Gasteiger partial charge in [-0.3, -0.25) is 14.9 Å². The zero-order valence-corrected chi connectivity index (χ0v) is 13.7. The number of ether oxygens (including phenoxy) is 1. The van der Waals surface area contributed by atoms with Gasteiger partial charge in [0.05, 0.1) is 22.0 Å². The third-order valence-corrected chi connectivity index (χ3v) is 5.58. The molecule has 1 N–H and O–H groups in total. The van der Waals surface area contributed by atoms with Gasteiger partial charge in [-0.2, -0.15) is 0 Å². The Morgan fingerprint density at radius 1 is 1.48 bits per heavy atom. The second-order valence-electron chi connectivity index (χ2n) is 5.94. The van der Waals surface area contributed by atoms with E-state index in [1.807, 2.05) is 0 Å². The van der Waals surface area contributed by atoms with Gasteiger partial charge in [-0.1, -0.05) is 0 Å². The van der Waals surface area contributed by atoms with E-state index in [-0.39, 0.29) is 23.8 Å². The summed E-state index contributed by atoms with van der Waals surface area (Å²) in [5.41, 5.74) is -0.364. The first-order valence-electron chi connectivity index (χ1n) is 7.00. The zero-order chi connectivity index (χ0) is 17.3. The van der Waals surface area contributed by atoms with Crippen LogP contribution in [0.25, 0.3) is 0 Å². The molecule has 1 amide bonds. The number of nitro groups is 1. The van der Waals surface area contributed by atoms with Crippen molar-refractivity contribution in [2.75, 3.05) is 18.1 Å². The number of amides is 1. The average molecular weight is 342 g/mol. The van der Waals surface area contributed by atoms with Gasteiger partial charge in [-0.15, -0.1) is 0 Å². The molecule has 126 valence electrons. The van der Waals surface area contributed by atoms with Crippen molar-refractivity contribution >= 4 is 21.4 Å². The summed E-state index contributed by atoms with van der Waals surface area (Å²) >= 11 is 0. The first kappa shape index (κ1) is 17.2. The first-order chi connectivity index (χ1) is 10.6. The molecule has 1 saturated heterocycles. The van der Waals surface area contributed by atoms with Crippen LogP contribution in [0.5, 0.6) is 5.75 Å². The minimum Gasteiger partial charge on any atom is -0.484 e. The number of nitrogens with one attached hydrogen (secondary N) is 1. The van der Waals surface area contributed by atoms with Gasteiger partial charge in [-0.25, -0.2) is 8.42 Å². The summed E-state index contributed by atoms with van der Waals surface area (Å²) in [6.07, 6.45) is 0.373. The fraction of sp³-hybridized carbons (Fsp3) is 0.500. The minimum absolute atomic E-state index is 0.0227. The van der Waals surface area contributed by atoms with Crippen LogP contribution in [0, 0.1) is 17.0 Å². The standard InChI is InChI=1S/C14H18N2O6S/c1-10-7-11(3-4-12(10)16(18)19)22-8-13(17)15-14(2)5-6-23(20,21)9-14/h3-4,7H,5-6,8-9H2,1-2H3,(H,15,17)/t14-/m1/s1. The van der Waals surface area contributed by atoms with E-state index in [2.05, 4.69) is 5.32 Å². The summed E-state index contributed by atoms with van der Waals surface area (Å²) in [6.45, 7) is 2.98. The molecule has 1 aromatic rings. The molecule has 0 unspecified atom stereocenters. The van der Waals surface area contributed by atoms with Crippen molar-refractivity contribution in [3.8, 4) is 5.75 Å². The van der Waals surface area contributed by atoms with E-state index < -0.39 is 26.2 Å². The number of nitro benzene ring substituents is 1. The largest absolute Gasteiger partial charge is 0.484 e. The topological polar surface area (TPSA) is 116 Å². The molecule has 0 bridgehead atoms. The second kappa shape index (κ2) is 6.15. The van der Waals surface area contributed by atoms with Gasteiger partial charge in [0.25, 0.3) is 11.6 Å². The fourth-order valence-electron chi connectivity index (χ4n) is 2.55. The van der Waals surface area contributed by atoms with Crippen molar-refractivity contribution in [1.82, 2.24) is 5.32 Å². The molecule has 1 fully saturated rings. The van der Waals surface area contributed by atoms with Crippen LogP contribution in [0.2, 0.25) is 0 Å². The summed E-state index contributed by atoms with van der Waals surface area (Å²) in [4.78, 5) is 22.1. The molecule has 9 heteroatoms. The summed E-state index contributed by atoms with van der Waals surface area (Å²) < 4.78 is 28.3. The molecule has 1 atom stereocenters. The molecule has 1 aromatic carbocycles. The normalized spacial score (nSPS) is 22.5. The van der Waals surface area contributed by atoms with E-state index in [0.29, 0.717) is 17.7 Å². The van der Waals surface area contributed by atoms with Gasteiger partial charge in [0, 0.05) is 11.6 Å². The molecular formula is C14H18N2O6S. The Bertz CT molecular complexity index is 746. The highest BCUT2D eigenvalue weighted by molar-refractivity contribution is 7.91. The van der Waals surface area contributed by atoms with Crippen LogP contribution in [0.3, 0.4) is 0 Å². The molecule has 0 aliphatic carbocycles. The molecular weight excluding hydrogens is 324 g/mol. The summed E-state index contributed by atoms with van der Waals surface area (Å²) in [5, 5.41) is 13.4. The molecule has 8 nitrogen and oxygen atoms in total. The predicted molar refractivity (Wildman–Crippen MR) is 83.1 cm³/mol. The van der Waals surface area contributed by atoms with Crippen LogP contribution in [-0.2, 0) is 14.6 Å². The van der Waals surface area contributed by atoms with E-state index in [0.717, 1.165) is 0 Å². The lowest BCUT2D eigenvalue weighted by Gasteiger charge is -2.23. The Morgan fingerprint density at radius 2 is 2.17 bits per heavy atom. The molecule has 1 aliphatic rings. The molecule has 23 heavy (non-hydrogen) atoms. The lowest BCUT2D eigenvalue weighted by molar-refractivity contribution is -0.385. The average Bonchev–Trinajstić information content (AvgIpc) is 2.69. The number of benzene rings is 1. The zero-order valence-electron chi connectivity index (χ0n) is 12.9. The quantitative estimate of drug-likeness (QED) is 0.630. The number of rotatable bonds is 5. The Morgan fingerprint density at radius 3 is 2.70 bits per heavy atom.